The molecular weight excluding hydrogens is 304 g/mol. The second kappa shape index (κ2) is 5.99. The van der Waals surface area contributed by atoms with Crippen molar-refractivity contribution in [2.24, 2.45) is 5.92 Å². The summed E-state index contributed by atoms with van der Waals surface area (Å²) in [5.74, 6) is 0.464. The van der Waals surface area contributed by atoms with Gasteiger partial charge < -0.3 is 5.32 Å². The van der Waals surface area contributed by atoms with E-state index >= 15 is 0 Å². The highest BCUT2D eigenvalue weighted by molar-refractivity contribution is 7.91. The molecule has 3 rings (SSSR count). The summed E-state index contributed by atoms with van der Waals surface area (Å²) < 4.78 is 27.7. The molecule has 0 radical (unpaired) electrons. The minimum absolute atomic E-state index is 0.464. The zero-order valence-corrected chi connectivity index (χ0v) is 14.4. The fourth-order valence-corrected chi connectivity index (χ4v) is 6.10. The van der Waals surface area contributed by atoms with Crippen molar-refractivity contribution in [3.05, 3.63) is 16.5 Å². The molecule has 1 aromatic heterocycles. The molecule has 2 aliphatic rings. The fraction of sp³-hybridized carbons (Fsp3) is 0.733. The van der Waals surface area contributed by atoms with Gasteiger partial charge in [-0.05, 0) is 50.2 Å². The summed E-state index contributed by atoms with van der Waals surface area (Å²) in [7, 11) is -3.30. The van der Waals surface area contributed by atoms with Gasteiger partial charge >= 0.3 is 0 Å². The Balaban J connectivity index is 1.76. The molecule has 21 heavy (non-hydrogen) atoms. The van der Waals surface area contributed by atoms with Crippen LogP contribution in [-0.4, -0.2) is 31.9 Å². The molecule has 2 fully saturated rings. The zero-order chi connectivity index (χ0) is 15.0. The Kier molecular flexibility index (Phi) is 4.41. The molecule has 6 heteroatoms. The maximum absolute atomic E-state index is 12.8. The van der Waals surface area contributed by atoms with Crippen LogP contribution in [0, 0.1) is 12.8 Å². The highest BCUT2D eigenvalue weighted by atomic mass is 32.2. The monoisotopic (exact) mass is 328 g/mol. The van der Waals surface area contributed by atoms with Crippen LogP contribution < -0.4 is 5.32 Å². The van der Waals surface area contributed by atoms with Crippen LogP contribution in [0.2, 0.25) is 0 Å². The number of hydrogen-bond donors (Lipinski definition) is 1. The maximum atomic E-state index is 12.8. The fourth-order valence-electron chi connectivity index (χ4n) is 2.81. The third kappa shape index (κ3) is 3.50. The summed E-state index contributed by atoms with van der Waals surface area (Å²) in [5, 5.41) is 3.47. The SMILES string of the molecule is Cc1cc(S(=O)(=O)N2CCCC(C)C2)sc1CNC1CC1. The second-order valence-electron chi connectivity index (χ2n) is 6.44. The number of nitrogens with zero attached hydrogens (tertiary/aromatic N) is 1. The highest BCUT2D eigenvalue weighted by Gasteiger charge is 2.30. The molecule has 118 valence electrons. The van der Waals surface area contributed by atoms with Crippen molar-refractivity contribution < 1.29 is 8.42 Å². The van der Waals surface area contributed by atoms with E-state index in [0.717, 1.165) is 29.8 Å². The molecule has 1 atom stereocenters. The quantitative estimate of drug-likeness (QED) is 0.904. The molecule has 1 aliphatic heterocycles. The average molecular weight is 329 g/mol. The van der Waals surface area contributed by atoms with E-state index < -0.39 is 10.0 Å². The summed E-state index contributed by atoms with van der Waals surface area (Å²) in [6.45, 7) is 6.27. The third-order valence-electron chi connectivity index (χ3n) is 4.34. The number of piperidine rings is 1. The first-order valence-electron chi connectivity index (χ1n) is 7.79. The van der Waals surface area contributed by atoms with E-state index in [2.05, 4.69) is 12.2 Å². The van der Waals surface area contributed by atoms with Crippen LogP contribution in [0.3, 0.4) is 0 Å². The number of rotatable bonds is 5. The Bertz CT molecular complexity index is 605. The van der Waals surface area contributed by atoms with E-state index in [1.54, 1.807) is 4.31 Å². The van der Waals surface area contributed by atoms with Gasteiger partial charge in [-0.3, -0.25) is 0 Å². The maximum Gasteiger partial charge on any atom is 0.252 e. The van der Waals surface area contributed by atoms with Crippen molar-refractivity contribution in [2.45, 2.75) is 56.3 Å². The summed E-state index contributed by atoms with van der Waals surface area (Å²) in [6, 6.07) is 2.50. The molecule has 0 amide bonds. The number of sulfonamides is 1. The number of aryl methyl sites for hydroxylation is 1. The lowest BCUT2D eigenvalue weighted by molar-refractivity contribution is 0.281. The summed E-state index contributed by atoms with van der Waals surface area (Å²) in [6.07, 6.45) is 4.61. The Morgan fingerprint density at radius 3 is 2.81 bits per heavy atom. The summed E-state index contributed by atoms with van der Waals surface area (Å²) in [5.41, 5.74) is 1.09. The second-order valence-corrected chi connectivity index (χ2v) is 9.74. The van der Waals surface area contributed by atoms with Gasteiger partial charge in [-0.2, -0.15) is 4.31 Å². The van der Waals surface area contributed by atoms with Crippen molar-refractivity contribution in [2.75, 3.05) is 13.1 Å². The van der Waals surface area contributed by atoms with Crippen LogP contribution in [-0.2, 0) is 16.6 Å². The zero-order valence-electron chi connectivity index (χ0n) is 12.8. The van der Waals surface area contributed by atoms with Gasteiger partial charge in [0.05, 0.1) is 0 Å². The van der Waals surface area contributed by atoms with Crippen LogP contribution in [0.15, 0.2) is 10.3 Å². The number of hydrogen-bond acceptors (Lipinski definition) is 4. The van der Waals surface area contributed by atoms with Gasteiger partial charge in [-0.25, -0.2) is 8.42 Å². The molecule has 1 saturated heterocycles. The first kappa shape index (κ1) is 15.5. The van der Waals surface area contributed by atoms with E-state index in [1.165, 1.54) is 24.2 Å². The minimum atomic E-state index is -3.30. The Labute approximate surface area is 131 Å². The largest absolute Gasteiger partial charge is 0.309 e. The number of nitrogens with one attached hydrogen (secondary N) is 1. The van der Waals surface area contributed by atoms with Crippen LogP contribution in [0.1, 0.15) is 43.0 Å². The highest BCUT2D eigenvalue weighted by Crippen LogP contribution is 2.31. The third-order valence-corrected chi connectivity index (χ3v) is 7.89. The molecule has 4 nitrogen and oxygen atoms in total. The van der Waals surface area contributed by atoms with Crippen molar-refractivity contribution in [3.63, 3.8) is 0 Å². The van der Waals surface area contributed by atoms with Gasteiger partial charge in [0, 0.05) is 30.6 Å². The smallest absolute Gasteiger partial charge is 0.252 e. The molecule has 1 aliphatic carbocycles. The van der Waals surface area contributed by atoms with Crippen molar-refractivity contribution >= 4 is 21.4 Å². The van der Waals surface area contributed by atoms with E-state index in [9.17, 15) is 8.42 Å². The van der Waals surface area contributed by atoms with Gasteiger partial charge in [0.2, 0.25) is 0 Å². The number of thiophene rings is 1. The van der Waals surface area contributed by atoms with Gasteiger partial charge in [0.25, 0.3) is 10.0 Å². The molecule has 2 heterocycles. The first-order chi connectivity index (χ1) is 9.96. The normalized spacial score (nSPS) is 24.4. The van der Waals surface area contributed by atoms with Crippen LogP contribution in [0.4, 0.5) is 0 Å². The standard InChI is InChI=1S/C15H24N2O2S2/c1-11-4-3-7-17(10-11)21(18,19)15-8-12(2)14(20-15)9-16-13-5-6-13/h8,11,13,16H,3-7,9-10H2,1-2H3. The molecule has 1 N–H and O–H groups in total. The lowest BCUT2D eigenvalue weighted by Gasteiger charge is -2.29. The predicted octanol–water partition coefficient (Wildman–Crippen LogP) is 2.73. The Hall–Kier alpha value is -0.430. The van der Waals surface area contributed by atoms with Crippen LogP contribution in [0.5, 0.6) is 0 Å². The van der Waals surface area contributed by atoms with E-state index in [4.69, 9.17) is 0 Å². The molecule has 0 aromatic carbocycles. The molecule has 0 bridgehead atoms. The minimum Gasteiger partial charge on any atom is -0.309 e. The van der Waals surface area contributed by atoms with E-state index in [-0.39, 0.29) is 0 Å². The molecule has 0 spiro atoms. The molecule has 1 unspecified atom stereocenters. The predicted molar refractivity (Wildman–Crippen MR) is 86.1 cm³/mol. The lowest BCUT2D eigenvalue weighted by atomic mass is 10.0. The van der Waals surface area contributed by atoms with Gasteiger partial charge in [0.1, 0.15) is 4.21 Å². The average Bonchev–Trinajstić information content (AvgIpc) is 3.19. The van der Waals surface area contributed by atoms with Crippen molar-refractivity contribution in [1.82, 2.24) is 9.62 Å². The molecular formula is C15H24N2O2S2. The van der Waals surface area contributed by atoms with Crippen LogP contribution in [0.25, 0.3) is 0 Å². The van der Waals surface area contributed by atoms with Gasteiger partial charge in [-0.1, -0.05) is 6.92 Å². The van der Waals surface area contributed by atoms with Crippen molar-refractivity contribution in [3.8, 4) is 0 Å². The van der Waals surface area contributed by atoms with Gasteiger partial charge in [0.15, 0.2) is 0 Å². The van der Waals surface area contributed by atoms with Gasteiger partial charge in [-0.15, -0.1) is 11.3 Å². The molecule has 1 aromatic rings. The Morgan fingerprint density at radius 1 is 1.38 bits per heavy atom. The van der Waals surface area contributed by atoms with E-state index in [0.29, 0.717) is 29.3 Å². The van der Waals surface area contributed by atoms with Crippen LogP contribution >= 0.6 is 11.3 Å². The van der Waals surface area contributed by atoms with E-state index in [1.807, 2.05) is 13.0 Å². The topological polar surface area (TPSA) is 49.4 Å². The Morgan fingerprint density at radius 2 is 2.14 bits per heavy atom. The van der Waals surface area contributed by atoms with Crippen molar-refractivity contribution in [1.29, 1.82) is 0 Å². The summed E-state index contributed by atoms with van der Waals surface area (Å²) >= 11 is 1.44. The molecule has 1 saturated carbocycles. The summed E-state index contributed by atoms with van der Waals surface area (Å²) in [4.78, 5) is 1.16. The first-order valence-corrected chi connectivity index (χ1v) is 10.1. The lowest BCUT2D eigenvalue weighted by Crippen LogP contribution is -2.38.